The van der Waals surface area contributed by atoms with Gasteiger partial charge < -0.3 is 20.1 Å². The minimum atomic E-state index is -0.319. The average Bonchev–Trinajstić information content (AvgIpc) is 2.75. The number of halogens is 1. The molecule has 0 saturated heterocycles. The number of amides is 1. The average molecular weight is 395 g/mol. The van der Waals surface area contributed by atoms with Gasteiger partial charge in [-0.3, -0.25) is 4.79 Å². The van der Waals surface area contributed by atoms with E-state index in [0.717, 1.165) is 17.7 Å². The van der Waals surface area contributed by atoms with E-state index in [-0.39, 0.29) is 18.3 Å². The third-order valence-electron chi connectivity index (χ3n) is 4.11. The number of nitrogens with one attached hydrogen (secondary N) is 2. The zero-order chi connectivity index (χ0) is 20.5. The third-order valence-corrected chi connectivity index (χ3v) is 4.11. The molecule has 0 aliphatic heterocycles. The Bertz CT molecular complexity index is 931. The number of carbonyl (C=O) groups excluding carboxylic acids is 1. The second kappa shape index (κ2) is 10.1. The van der Waals surface area contributed by atoms with Crippen molar-refractivity contribution in [1.82, 2.24) is 4.98 Å². The summed E-state index contributed by atoms with van der Waals surface area (Å²) in [6.07, 6.45) is 2.40. The number of hydrogen-bond acceptors (Lipinski definition) is 5. The van der Waals surface area contributed by atoms with Crippen molar-refractivity contribution in [2.24, 2.45) is 0 Å². The van der Waals surface area contributed by atoms with Crippen LogP contribution in [0.25, 0.3) is 0 Å². The van der Waals surface area contributed by atoms with Gasteiger partial charge in [0.1, 0.15) is 11.6 Å². The lowest BCUT2D eigenvalue weighted by atomic mass is 10.1. The van der Waals surface area contributed by atoms with Crippen LogP contribution in [0.2, 0.25) is 0 Å². The molecule has 0 atom stereocenters. The molecule has 3 rings (SSSR count). The largest absolute Gasteiger partial charge is 0.493 e. The molecule has 0 aliphatic rings. The molecule has 3 aromatic rings. The molecule has 0 saturated carbocycles. The lowest BCUT2D eigenvalue weighted by molar-refractivity contribution is -0.118. The van der Waals surface area contributed by atoms with Crippen molar-refractivity contribution in [3.63, 3.8) is 0 Å². The Morgan fingerprint density at radius 3 is 2.48 bits per heavy atom. The second-order valence-electron chi connectivity index (χ2n) is 6.22. The van der Waals surface area contributed by atoms with Gasteiger partial charge in [-0.2, -0.15) is 0 Å². The molecule has 1 aromatic heterocycles. The van der Waals surface area contributed by atoms with Gasteiger partial charge in [0.25, 0.3) is 5.91 Å². The molecule has 7 heteroatoms. The van der Waals surface area contributed by atoms with E-state index in [9.17, 15) is 9.18 Å². The Labute approximate surface area is 168 Å². The number of nitrogens with zero attached hydrogens (tertiary/aromatic N) is 1. The number of hydrogen-bond donors (Lipinski definition) is 2. The smallest absolute Gasteiger partial charge is 0.263 e. The first-order chi connectivity index (χ1) is 14.1. The van der Waals surface area contributed by atoms with E-state index in [4.69, 9.17) is 9.47 Å². The second-order valence-corrected chi connectivity index (χ2v) is 6.22. The monoisotopic (exact) mass is 395 g/mol. The van der Waals surface area contributed by atoms with Gasteiger partial charge >= 0.3 is 0 Å². The van der Waals surface area contributed by atoms with Crippen LogP contribution in [0.5, 0.6) is 11.5 Å². The number of rotatable bonds is 9. The number of para-hydroxylation sites is 2. The summed E-state index contributed by atoms with van der Waals surface area (Å²) in [5.74, 6) is 0.938. The molecular weight excluding hydrogens is 373 g/mol. The normalized spacial score (nSPS) is 10.3. The third kappa shape index (κ3) is 6.21. The van der Waals surface area contributed by atoms with Crippen LogP contribution in [-0.4, -0.2) is 31.2 Å². The fourth-order valence-electron chi connectivity index (χ4n) is 2.63. The zero-order valence-corrected chi connectivity index (χ0v) is 16.0. The first kappa shape index (κ1) is 20.1. The lowest BCUT2D eigenvalue weighted by Crippen LogP contribution is -2.21. The Morgan fingerprint density at radius 1 is 1.03 bits per heavy atom. The Hall–Kier alpha value is -3.61. The number of pyridine rings is 1. The standard InChI is InChI=1S/C22H22FN3O3/c1-28-19-4-2-3-5-20(19)29-15-22(27)26-21-11-10-18(14-25-21)24-13-12-16-6-8-17(23)9-7-16/h2-11,14,24H,12-13,15H2,1H3,(H,25,26,27). The van der Waals surface area contributed by atoms with Crippen LogP contribution in [0.1, 0.15) is 5.56 Å². The van der Waals surface area contributed by atoms with Gasteiger partial charge in [0.2, 0.25) is 0 Å². The highest BCUT2D eigenvalue weighted by Crippen LogP contribution is 2.25. The van der Waals surface area contributed by atoms with Crippen molar-refractivity contribution in [2.75, 3.05) is 30.9 Å². The summed E-state index contributed by atoms with van der Waals surface area (Å²) < 4.78 is 23.6. The summed E-state index contributed by atoms with van der Waals surface area (Å²) in [5, 5.41) is 5.92. The Kier molecular flexibility index (Phi) is 7.00. The van der Waals surface area contributed by atoms with Crippen molar-refractivity contribution >= 4 is 17.4 Å². The van der Waals surface area contributed by atoms with Crippen LogP contribution in [0.15, 0.2) is 66.9 Å². The molecule has 0 unspecified atom stereocenters. The predicted molar refractivity (Wildman–Crippen MR) is 110 cm³/mol. The van der Waals surface area contributed by atoms with Crippen molar-refractivity contribution in [1.29, 1.82) is 0 Å². The van der Waals surface area contributed by atoms with E-state index < -0.39 is 0 Å². The zero-order valence-electron chi connectivity index (χ0n) is 16.0. The topological polar surface area (TPSA) is 72.5 Å². The molecule has 0 radical (unpaired) electrons. The number of ether oxygens (including phenoxy) is 2. The quantitative estimate of drug-likeness (QED) is 0.575. The molecule has 29 heavy (non-hydrogen) atoms. The summed E-state index contributed by atoms with van der Waals surface area (Å²) in [5.41, 5.74) is 1.88. The maximum absolute atomic E-state index is 12.9. The highest BCUT2D eigenvalue weighted by Gasteiger charge is 2.08. The van der Waals surface area contributed by atoms with E-state index >= 15 is 0 Å². The van der Waals surface area contributed by atoms with Crippen LogP contribution in [-0.2, 0) is 11.2 Å². The van der Waals surface area contributed by atoms with Crippen LogP contribution in [0, 0.1) is 5.82 Å². The molecule has 2 aromatic carbocycles. The first-order valence-corrected chi connectivity index (χ1v) is 9.14. The maximum atomic E-state index is 12.9. The number of benzene rings is 2. The van der Waals surface area contributed by atoms with E-state index in [1.807, 2.05) is 12.1 Å². The van der Waals surface area contributed by atoms with Crippen molar-refractivity contribution in [3.8, 4) is 11.5 Å². The molecule has 2 N–H and O–H groups in total. The van der Waals surface area contributed by atoms with E-state index in [0.29, 0.717) is 23.9 Å². The Balaban J connectivity index is 1.43. The SMILES string of the molecule is COc1ccccc1OCC(=O)Nc1ccc(NCCc2ccc(F)cc2)cn1. The van der Waals surface area contributed by atoms with Crippen LogP contribution in [0.3, 0.4) is 0 Å². The minimum Gasteiger partial charge on any atom is -0.493 e. The van der Waals surface area contributed by atoms with Gasteiger partial charge in [-0.05, 0) is 48.4 Å². The summed E-state index contributed by atoms with van der Waals surface area (Å²) in [6.45, 7) is 0.533. The highest BCUT2D eigenvalue weighted by atomic mass is 19.1. The number of aromatic nitrogens is 1. The van der Waals surface area contributed by atoms with Gasteiger partial charge in [0, 0.05) is 6.54 Å². The van der Waals surface area contributed by atoms with E-state index in [1.54, 1.807) is 49.7 Å². The molecule has 6 nitrogen and oxygen atoms in total. The summed E-state index contributed by atoms with van der Waals surface area (Å²) in [6, 6.07) is 17.1. The van der Waals surface area contributed by atoms with Crippen LogP contribution >= 0.6 is 0 Å². The van der Waals surface area contributed by atoms with Crippen molar-refractivity contribution in [3.05, 3.63) is 78.2 Å². The van der Waals surface area contributed by atoms with Gasteiger partial charge in [-0.1, -0.05) is 24.3 Å². The molecule has 0 aliphatic carbocycles. The van der Waals surface area contributed by atoms with Crippen molar-refractivity contribution < 1.29 is 18.7 Å². The molecule has 0 fully saturated rings. The van der Waals surface area contributed by atoms with Crippen LogP contribution < -0.4 is 20.1 Å². The predicted octanol–water partition coefficient (Wildman–Crippen LogP) is 3.90. The molecule has 1 amide bonds. The van der Waals surface area contributed by atoms with Crippen LogP contribution in [0.4, 0.5) is 15.9 Å². The van der Waals surface area contributed by atoms with Gasteiger partial charge in [-0.25, -0.2) is 9.37 Å². The molecule has 150 valence electrons. The number of anilines is 2. The van der Waals surface area contributed by atoms with Gasteiger partial charge in [-0.15, -0.1) is 0 Å². The van der Waals surface area contributed by atoms with E-state index in [1.165, 1.54) is 12.1 Å². The molecule has 1 heterocycles. The molecule has 0 spiro atoms. The fraction of sp³-hybridized carbons (Fsp3) is 0.182. The number of methoxy groups -OCH3 is 1. The molecule has 0 bridgehead atoms. The lowest BCUT2D eigenvalue weighted by Gasteiger charge is -2.11. The van der Waals surface area contributed by atoms with E-state index in [2.05, 4.69) is 15.6 Å². The Morgan fingerprint density at radius 2 is 1.79 bits per heavy atom. The maximum Gasteiger partial charge on any atom is 0.263 e. The minimum absolute atomic E-state index is 0.153. The van der Waals surface area contributed by atoms with Gasteiger partial charge in [0.15, 0.2) is 18.1 Å². The van der Waals surface area contributed by atoms with Gasteiger partial charge in [0.05, 0.1) is 19.0 Å². The molecular formula is C22H22FN3O3. The summed E-state index contributed by atoms with van der Waals surface area (Å²) in [7, 11) is 1.54. The summed E-state index contributed by atoms with van der Waals surface area (Å²) >= 11 is 0. The fourth-order valence-corrected chi connectivity index (χ4v) is 2.63. The van der Waals surface area contributed by atoms with Crippen molar-refractivity contribution in [2.45, 2.75) is 6.42 Å². The first-order valence-electron chi connectivity index (χ1n) is 9.14. The summed E-state index contributed by atoms with van der Waals surface area (Å²) in [4.78, 5) is 16.3. The highest BCUT2D eigenvalue weighted by molar-refractivity contribution is 5.91. The number of carbonyl (C=O) groups is 1.